The normalized spacial score (nSPS) is 14.3. The van der Waals surface area contributed by atoms with Gasteiger partial charge in [0.05, 0.1) is 6.10 Å². The van der Waals surface area contributed by atoms with Crippen molar-refractivity contribution in [2.24, 2.45) is 0 Å². The van der Waals surface area contributed by atoms with Crippen molar-refractivity contribution >= 4 is 5.97 Å². The molecule has 114 valence electrons. The van der Waals surface area contributed by atoms with Gasteiger partial charge in [0, 0.05) is 6.61 Å². The van der Waals surface area contributed by atoms with Crippen LogP contribution in [0, 0.1) is 0 Å². The number of aliphatic hydroxyl groups excluding tert-OH is 1. The van der Waals surface area contributed by atoms with Gasteiger partial charge in [0.2, 0.25) is 0 Å². The number of rotatable bonds is 13. The maximum Gasteiger partial charge on any atom is 0.335 e. The topological polar surface area (TPSA) is 66.8 Å². The summed E-state index contributed by atoms with van der Waals surface area (Å²) < 4.78 is 5.25. The third kappa shape index (κ3) is 9.91. The summed E-state index contributed by atoms with van der Waals surface area (Å²) >= 11 is 0. The van der Waals surface area contributed by atoms with Crippen LogP contribution in [0.1, 0.15) is 71.6 Å². The van der Waals surface area contributed by atoms with Gasteiger partial charge in [0.1, 0.15) is 0 Å². The number of ether oxygens (including phenoxy) is 1. The Labute approximate surface area is 117 Å². The summed E-state index contributed by atoms with van der Waals surface area (Å²) in [5.41, 5.74) is 0. The fourth-order valence-electron chi connectivity index (χ4n) is 1.99. The van der Waals surface area contributed by atoms with Crippen LogP contribution in [-0.2, 0) is 9.53 Å². The molecular formula is C15H30O4. The van der Waals surface area contributed by atoms with E-state index in [1.54, 1.807) is 0 Å². The molecule has 2 atom stereocenters. The molecule has 0 aromatic carbocycles. The molecular weight excluding hydrogens is 244 g/mol. The molecule has 2 N–H and O–H groups in total. The molecule has 0 saturated heterocycles. The second-order valence-electron chi connectivity index (χ2n) is 5.11. The van der Waals surface area contributed by atoms with Crippen molar-refractivity contribution in [3.63, 3.8) is 0 Å². The van der Waals surface area contributed by atoms with Gasteiger partial charge < -0.3 is 14.9 Å². The Morgan fingerprint density at radius 3 is 2.16 bits per heavy atom. The lowest BCUT2D eigenvalue weighted by molar-refractivity contribution is -0.158. The summed E-state index contributed by atoms with van der Waals surface area (Å²) in [6.45, 7) is 4.60. The van der Waals surface area contributed by atoms with Gasteiger partial charge in [0.15, 0.2) is 6.10 Å². The summed E-state index contributed by atoms with van der Waals surface area (Å²) in [4.78, 5) is 11.0. The molecule has 0 aliphatic rings. The number of hydrogen-bond acceptors (Lipinski definition) is 3. The molecule has 0 aromatic heterocycles. The summed E-state index contributed by atoms with van der Waals surface area (Å²) in [6.07, 6.45) is 7.11. The van der Waals surface area contributed by atoms with Crippen molar-refractivity contribution in [2.75, 3.05) is 6.61 Å². The van der Waals surface area contributed by atoms with Gasteiger partial charge in [-0.25, -0.2) is 4.79 Å². The Hall–Kier alpha value is -0.610. The highest BCUT2D eigenvalue weighted by Gasteiger charge is 2.26. The van der Waals surface area contributed by atoms with Gasteiger partial charge in [0.25, 0.3) is 0 Å². The second kappa shape index (κ2) is 12.4. The average Bonchev–Trinajstić information content (AvgIpc) is 2.38. The molecule has 4 nitrogen and oxygen atoms in total. The number of hydrogen-bond donors (Lipinski definition) is 2. The maximum absolute atomic E-state index is 11.0. The fraction of sp³-hybridized carbons (Fsp3) is 0.933. The van der Waals surface area contributed by atoms with E-state index in [0.717, 1.165) is 32.1 Å². The van der Waals surface area contributed by atoms with Crippen molar-refractivity contribution in [3.05, 3.63) is 0 Å². The number of carboxylic acids is 1. The number of aliphatic hydroxyl groups is 1. The van der Waals surface area contributed by atoms with E-state index in [9.17, 15) is 9.90 Å². The molecule has 0 spiro atoms. The van der Waals surface area contributed by atoms with Crippen molar-refractivity contribution in [1.82, 2.24) is 0 Å². The third-order valence-corrected chi connectivity index (χ3v) is 3.24. The Kier molecular flexibility index (Phi) is 12.0. The molecule has 0 heterocycles. The fourth-order valence-corrected chi connectivity index (χ4v) is 1.99. The Morgan fingerprint density at radius 1 is 1.00 bits per heavy atom. The number of unbranched alkanes of at least 4 members (excludes halogenated alkanes) is 6. The smallest absolute Gasteiger partial charge is 0.335 e. The molecule has 0 radical (unpaired) electrons. The van der Waals surface area contributed by atoms with E-state index in [4.69, 9.17) is 9.84 Å². The third-order valence-electron chi connectivity index (χ3n) is 3.24. The molecule has 0 bridgehead atoms. The summed E-state index contributed by atoms with van der Waals surface area (Å²) in [7, 11) is 0. The Bertz CT molecular complexity index is 218. The molecule has 0 aliphatic heterocycles. The molecule has 2 unspecified atom stereocenters. The van der Waals surface area contributed by atoms with Crippen molar-refractivity contribution in [3.8, 4) is 0 Å². The molecule has 4 heteroatoms. The zero-order valence-electron chi connectivity index (χ0n) is 12.4. The molecule has 0 saturated carbocycles. The minimum absolute atomic E-state index is 0.404. The largest absolute Gasteiger partial charge is 0.479 e. The highest BCUT2D eigenvalue weighted by Crippen LogP contribution is 2.12. The first kappa shape index (κ1) is 18.4. The van der Waals surface area contributed by atoms with E-state index in [2.05, 4.69) is 6.92 Å². The lowest BCUT2D eigenvalue weighted by Gasteiger charge is -2.19. The number of carbonyl (C=O) groups is 1. The highest BCUT2D eigenvalue weighted by atomic mass is 16.5. The minimum Gasteiger partial charge on any atom is -0.479 e. The van der Waals surface area contributed by atoms with E-state index in [0.29, 0.717) is 13.0 Å². The van der Waals surface area contributed by atoms with E-state index >= 15 is 0 Å². The Morgan fingerprint density at radius 2 is 1.58 bits per heavy atom. The Balaban J connectivity index is 3.78. The molecule has 19 heavy (non-hydrogen) atoms. The molecule has 0 aromatic rings. The number of aliphatic carboxylic acids is 1. The van der Waals surface area contributed by atoms with E-state index < -0.39 is 18.2 Å². The van der Waals surface area contributed by atoms with Crippen LogP contribution in [-0.4, -0.2) is 35.0 Å². The van der Waals surface area contributed by atoms with Crippen LogP contribution in [0.3, 0.4) is 0 Å². The van der Waals surface area contributed by atoms with Gasteiger partial charge in [-0.05, 0) is 12.8 Å². The van der Waals surface area contributed by atoms with Crippen LogP contribution in [0.4, 0.5) is 0 Å². The van der Waals surface area contributed by atoms with Crippen LogP contribution < -0.4 is 0 Å². The lowest BCUT2D eigenvalue weighted by atomic mass is 10.0. The summed E-state index contributed by atoms with van der Waals surface area (Å²) in [5.74, 6) is -1.06. The molecule has 0 aliphatic carbocycles. The summed E-state index contributed by atoms with van der Waals surface area (Å²) in [5, 5.41) is 18.9. The predicted octanol–water partition coefficient (Wildman–Crippen LogP) is 3.37. The first-order valence-corrected chi connectivity index (χ1v) is 7.65. The van der Waals surface area contributed by atoms with Crippen molar-refractivity contribution in [1.29, 1.82) is 0 Å². The van der Waals surface area contributed by atoms with Crippen LogP contribution in [0.15, 0.2) is 0 Å². The van der Waals surface area contributed by atoms with Crippen LogP contribution in [0.25, 0.3) is 0 Å². The standard InChI is InChI=1S/C15H30O4/c1-3-5-7-8-9-10-11-13(16)14(15(17)18)19-12-6-4-2/h13-14,16H,3-12H2,1-2H3,(H,17,18). The second-order valence-corrected chi connectivity index (χ2v) is 5.11. The molecule has 0 fully saturated rings. The average molecular weight is 274 g/mol. The predicted molar refractivity (Wildman–Crippen MR) is 76.3 cm³/mol. The van der Waals surface area contributed by atoms with Gasteiger partial charge in [-0.15, -0.1) is 0 Å². The number of carboxylic acid groups (broad SMARTS) is 1. The maximum atomic E-state index is 11.0. The molecule has 0 rings (SSSR count). The van der Waals surface area contributed by atoms with E-state index in [-0.39, 0.29) is 0 Å². The van der Waals surface area contributed by atoms with E-state index in [1.165, 1.54) is 19.3 Å². The van der Waals surface area contributed by atoms with Crippen molar-refractivity contribution in [2.45, 2.75) is 83.8 Å². The lowest BCUT2D eigenvalue weighted by Crippen LogP contribution is -2.36. The van der Waals surface area contributed by atoms with Crippen molar-refractivity contribution < 1.29 is 19.7 Å². The van der Waals surface area contributed by atoms with Crippen LogP contribution in [0.5, 0.6) is 0 Å². The van der Waals surface area contributed by atoms with Crippen LogP contribution >= 0.6 is 0 Å². The van der Waals surface area contributed by atoms with Gasteiger partial charge in [-0.2, -0.15) is 0 Å². The monoisotopic (exact) mass is 274 g/mol. The van der Waals surface area contributed by atoms with Gasteiger partial charge in [-0.3, -0.25) is 0 Å². The highest BCUT2D eigenvalue weighted by molar-refractivity contribution is 5.73. The quantitative estimate of drug-likeness (QED) is 0.505. The first-order valence-electron chi connectivity index (χ1n) is 7.65. The SMILES string of the molecule is CCCCCCCCC(O)C(OCCCC)C(=O)O. The van der Waals surface area contributed by atoms with Gasteiger partial charge >= 0.3 is 5.97 Å². The summed E-state index contributed by atoms with van der Waals surface area (Å²) in [6, 6.07) is 0. The zero-order chi connectivity index (χ0) is 14.5. The zero-order valence-corrected chi connectivity index (χ0v) is 12.4. The van der Waals surface area contributed by atoms with E-state index in [1.807, 2.05) is 6.92 Å². The minimum atomic E-state index is -1.07. The van der Waals surface area contributed by atoms with Crippen LogP contribution in [0.2, 0.25) is 0 Å². The molecule has 0 amide bonds. The first-order chi connectivity index (χ1) is 9.13. The van der Waals surface area contributed by atoms with Gasteiger partial charge in [-0.1, -0.05) is 58.8 Å².